The summed E-state index contributed by atoms with van der Waals surface area (Å²) in [4.78, 5) is 4.90. The van der Waals surface area contributed by atoms with Crippen molar-refractivity contribution in [2.45, 2.75) is 13.0 Å². The average Bonchev–Trinajstić information content (AvgIpc) is 2.72. The van der Waals surface area contributed by atoms with E-state index < -0.39 is 0 Å². The Morgan fingerprint density at radius 2 is 1.63 bits per heavy atom. The molecule has 1 heterocycles. The van der Waals surface area contributed by atoms with Gasteiger partial charge in [-0.3, -0.25) is 4.90 Å². The summed E-state index contributed by atoms with van der Waals surface area (Å²) < 4.78 is 17.6. The molecule has 1 saturated heterocycles. The van der Waals surface area contributed by atoms with Crippen molar-refractivity contribution >= 4 is 21.6 Å². The molecule has 1 fully saturated rings. The van der Waals surface area contributed by atoms with Gasteiger partial charge >= 0.3 is 0 Å². The summed E-state index contributed by atoms with van der Waals surface area (Å²) in [6, 6.07) is 12.5. The number of hydrogen-bond donors (Lipinski definition) is 0. The zero-order chi connectivity index (χ0) is 19.4. The lowest BCUT2D eigenvalue weighted by atomic mass is 10.0. The molecule has 0 spiro atoms. The highest BCUT2D eigenvalue weighted by Gasteiger charge is 2.30. The van der Waals surface area contributed by atoms with Crippen LogP contribution in [-0.4, -0.2) is 52.4 Å². The van der Waals surface area contributed by atoms with E-state index in [1.165, 1.54) is 5.56 Å². The van der Waals surface area contributed by atoms with Gasteiger partial charge in [0.2, 0.25) is 0 Å². The number of methoxy groups -OCH3 is 3. The van der Waals surface area contributed by atoms with E-state index in [1.807, 2.05) is 18.2 Å². The highest BCUT2D eigenvalue weighted by molar-refractivity contribution is 9.10. The lowest BCUT2D eigenvalue weighted by molar-refractivity contribution is 0.186. The summed E-state index contributed by atoms with van der Waals surface area (Å²) >= 11 is 3.74. The van der Waals surface area contributed by atoms with Gasteiger partial charge in [0, 0.05) is 24.1 Å². The zero-order valence-electron chi connectivity index (χ0n) is 16.4. The van der Waals surface area contributed by atoms with E-state index in [4.69, 9.17) is 14.2 Å². The molecule has 1 unspecified atom stereocenters. The topological polar surface area (TPSA) is 34.2 Å². The van der Waals surface area contributed by atoms with Gasteiger partial charge in [-0.05, 0) is 36.4 Å². The van der Waals surface area contributed by atoms with Crippen molar-refractivity contribution in [3.63, 3.8) is 0 Å². The van der Waals surface area contributed by atoms with Gasteiger partial charge < -0.3 is 19.1 Å². The van der Waals surface area contributed by atoms with E-state index in [2.05, 4.69) is 50.9 Å². The molecule has 1 aliphatic heterocycles. The second-order valence-electron chi connectivity index (χ2n) is 6.49. The standard InChI is InChI=1S/C21H27BrN2O3/c1-5-23-10-11-24(17-8-6-7-9-19(17)25-2)14-18(23)15-12-20(26-3)21(27-4)13-16(15)22/h6-9,12-13,18H,5,10-11,14H2,1-4H3. The molecule has 5 nitrogen and oxygen atoms in total. The number of likely N-dealkylation sites (N-methyl/N-ethyl adjacent to an activating group) is 1. The van der Waals surface area contributed by atoms with Gasteiger partial charge in [0.25, 0.3) is 0 Å². The molecule has 3 rings (SSSR count). The van der Waals surface area contributed by atoms with E-state index in [-0.39, 0.29) is 6.04 Å². The number of piperazine rings is 1. The number of anilines is 1. The predicted octanol–water partition coefficient (Wildman–Crippen LogP) is 4.36. The molecular formula is C21H27BrN2O3. The zero-order valence-corrected chi connectivity index (χ0v) is 18.0. The SMILES string of the molecule is CCN1CCN(c2ccccc2OC)CC1c1cc(OC)c(OC)cc1Br. The molecule has 6 heteroatoms. The van der Waals surface area contributed by atoms with Gasteiger partial charge in [-0.2, -0.15) is 0 Å². The molecule has 2 aromatic carbocycles. The van der Waals surface area contributed by atoms with Gasteiger partial charge in [0.05, 0.1) is 33.1 Å². The Balaban J connectivity index is 1.97. The monoisotopic (exact) mass is 434 g/mol. The third kappa shape index (κ3) is 4.01. The molecule has 0 aliphatic carbocycles. The maximum absolute atomic E-state index is 5.58. The van der Waals surface area contributed by atoms with E-state index in [0.717, 1.165) is 53.6 Å². The first-order chi connectivity index (χ1) is 13.1. The Morgan fingerprint density at radius 1 is 0.963 bits per heavy atom. The minimum Gasteiger partial charge on any atom is -0.495 e. The van der Waals surface area contributed by atoms with Crippen molar-refractivity contribution in [3.05, 3.63) is 46.4 Å². The molecule has 146 valence electrons. The molecule has 1 aliphatic rings. The number of halogens is 1. The van der Waals surface area contributed by atoms with E-state index in [0.29, 0.717) is 0 Å². The van der Waals surface area contributed by atoms with E-state index >= 15 is 0 Å². The van der Waals surface area contributed by atoms with Crippen LogP contribution in [0, 0.1) is 0 Å². The van der Waals surface area contributed by atoms with Crippen molar-refractivity contribution < 1.29 is 14.2 Å². The highest BCUT2D eigenvalue weighted by Crippen LogP contribution is 2.40. The quantitative estimate of drug-likeness (QED) is 0.674. The van der Waals surface area contributed by atoms with E-state index in [1.54, 1.807) is 21.3 Å². The summed E-state index contributed by atoms with van der Waals surface area (Å²) in [5.41, 5.74) is 2.34. The third-order valence-corrected chi connectivity index (χ3v) is 5.87. The van der Waals surface area contributed by atoms with Crippen LogP contribution in [0.2, 0.25) is 0 Å². The number of hydrogen-bond acceptors (Lipinski definition) is 5. The Kier molecular flexibility index (Phi) is 6.50. The smallest absolute Gasteiger partial charge is 0.161 e. The van der Waals surface area contributed by atoms with Gasteiger partial charge in [0.15, 0.2) is 11.5 Å². The van der Waals surface area contributed by atoms with Crippen molar-refractivity contribution in [3.8, 4) is 17.2 Å². The molecule has 0 bridgehead atoms. The second-order valence-corrected chi connectivity index (χ2v) is 7.35. The van der Waals surface area contributed by atoms with Crippen LogP contribution in [0.1, 0.15) is 18.5 Å². The molecule has 0 saturated carbocycles. The first kappa shape index (κ1) is 19.8. The minimum atomic E-state index is 0.239. The molecule has 0 radical (unpaired) electrons. The second kappa shape index (κ2) is 8.85. The fourth-order valence-electron chi connectivity index (χ4n) is 3.73. The van der Waals surface area contributed by atoms with Crippen LogP contribution < -0.4 is 19.1 Å². The van der Waals surface area contributed by atoms with Crippen molar-refractivity contribution in [1.82, 2.24) is 4.90 Å². The van der Waals surface area contributed by atoms with Crippen LogP contribution in [0.5, 0.6) is 17.2 Å². The average molecular weight is 435 g/mol. The van der Waals surface area contributed by atoms with Gasteiger partial charge in [-0.1, -0.05) is 35.0 Å². The summed E-state index contributed by atoms with van der Waals surface area (Å²) in [6.07, 6.45) is 0. The molecule has 1 atom stereocenters. The first-order valence-electron chi connectivity index (χ1n) is 9.16. The number of rotatable bonds is 6. The van der Waals surface area contributed by atoms with Crippen molar-refractivity contribution in [2.75, 3.05) is 52.4 Å². The Labute approximate surface area is 169 Å². The van der Waals surface area contributed by atoms with Crippen LogP contribution in [-0.2, 0) is 0 Å². The minimum absolute atomic E-state index is 0.239. The molecule has 0 N–H and O–H groups in total. The summed E-state index contributed by atoms with van der Waals surface area (Å²) in [5.74, 6) is 2.39. The van der Waals surface area contributed by atoms with E-state index in [9.17, 15) is 0 Å². The van der Waals surface area contributed by atoms with Gasteiger partial charge in [0.1, 0.15) is 5.75 Å². The molecule has 2 aromatic rings. The number of ether oxygens (including phenoxy) is 3. The number of nitrogens with zero attached hydrogens (tertiary/aromatic N) is 2. The van der Waals surface area contributed by atoms with Crippen molar-refractivity contribution in [1.29, 1.82) is 0 Å². The maximum atomic E-state index is 5.58. The Morgan fingerprint density at radius 3 is 2.30 bits per heavy atom. The largest absolute Gasteiger partial charge is 0.495 e. The van der Waals surface area contributed by atoms with Crippen LogP contribution in [0.15, 0.2) is 40.9 Å². The lowest BCUT2D eigenvalue weighted by Gasteiger charge is -2.43. The molecule has 27 heavy (non-hydrogen) atoms. The summed E-state index contributed by atoms with van der Waals surface area (Å²) in [7, 11) is 5.06. The fourth-order valence-corrected chi connectivity index (χ4v) is 4.32. The predicted molar refractivity (Wildman–Crippen MR) is 112 cm³/mol. The van der Waals surface area contributed by atoms with Gasteiger partial charge in [-0.25, -0.2) is 0 Å². The normalized spacial score (nSPS) is 17.7. The molecular weight excluding hydrogens is 408 g/mol. The number of para-hydroxylation sites is 2. The number of benzene rings is 2. The summed E-state index contributed by atoms with van der Waals surface area (Å²) in [5, 5.41) is 0. The molecule has 0 amide bonds. The van der Waals surface area contributed by atoms with Crippen molar-refractivity contribution in [2.24, 2.45) is 0 Å². The van der Waals surface area contributed by atoms with Gasteiger partial charge in [-0.15, -0.1) is 0 Å². The van der Waals surface area contributed by atoms with Crippen LogP contribution >= 0.6 is 15.9 Å². The first-order valence-corrected chi connectivity index (χ1v) is 9.95. The Hall–Kier alpha value is -1.92. The lowest BCUT2D eigenvalue weighted by Crippen LogP contribution is -2.48. The van der Waals surface area contributed by atoms with Crippen LogP contribution in [0.25, 0.3) is 0 Å². The summed E-state index contributed by atoms with van der Waals surface area (Å²) in [6.45, 7) is 6.03. The molecule has 0 aromatic heterocycles. The third-order valence-electron chi connectivity index (χ3n) is 5.19. The van der Waals surface area contributed by atoms with Crippen LogP contribution in [0.3, 0.4) is 0 Å². The van der Waals surface area contributed by atoms with Crippen LogP contribution in [0.4, 0.5) is 5.69 Å². The maximum Gasteiger partial charge on any atom is 0.161 e. The highest BCUT2D eigenvalue weighted by atomic mass is 79.9. The fraction of sp³-hybridized carbons (Fsp3) is 0.429. The Bertz CT molecular complexity index is 784.